The topological polar surface area (TPSA) is 173 Å². The predicted molar refractivity (Wildman–Crippen MR) is 152 cm³/mol. The number of phenolic OH excluding ortho intramolecular Hbond substituents is 1. The second-order valence-corrected chi connectivity index (χ2v) is 11.4. The molecule has 222 valence electrons. The van der Waals surface area contributed by atoms with Crippen LogP contribution in [0.5, 0.6) is 5.75 Å². The molecule has 3 aliphatic carbocycles. The van der Waals surface area contributed by atoms with Crippen LogP contribution in [0.1, 0.15) is 40.9 Å². The van der Waals surface area contributed by atoms with Gasteiger partial charge in [0.1, 0.15) is 29.5 Å². The van der Waals surface area contributed by atoms with E-state index >= 15 is 0 Å². The number of alkyl halides is 1. The van der Waals surface area contributed by atoms with Gasteiger partial charge in [0.25, 0.3) is 5.91 Å². The van der Waals surface area contributed by atoms with Crippen molar-refractivity contribution in [3.05, 3.63) is 75.8 Å². The molecule has 3 aliphatic rings. The number of halogens is 1. The number of nitrogens with two attached hydrogens (primary N) is 1. The minimum atomic E-state index is -2.68. The van der Waals surface area contributed by atoms with Crippen LogP contribution in [0.25, 0.3) is 11.1 Å². The van der Waals surface area contributed by atoms with Crippen LogP contribution < -0.4 is 11.1 Å². The van der Waals surface area contributed by atoms with Crippen molar-refractivity contribution in [2.24, 2.45) is 17.6 Å². The van der Waals surface area contributed by atoms with Crippen molar-refractivity contribution in [3.8, 4) is 16.9 Å². The van der Waals surface area contributed by atoms with Gasteiger partial charge in [-0.15, -0.1) is 0 Å². The van der Waals surface area contributed by atoms with E-state index in [-0.39, 0.29) is 42.3 Å². The molecule has 11 heteroatoms. The van der Waals surface area contributed by atoms with E-state index < -0.39 is 64.7 Å². The molecule has 1 amide bonds. The van der Waals surface area contributed by atoms with E-state index in [2.05, 4.69) is 5.32 Å². The summed E-state index contributed by atoms with van der Waals surface area (Å²) in [5.74, 6) is -6.86. The number of Topliss-reactive ketones (excluding diaryl/α,β-unsaturated/α-hetero) is 2. The summed E-state index contributed by atoms with van der Waals surface area (Å²) in [4.78, 5) is 41.0. The lowest BCUT2D eigenvalue weighted by atomic mass is 9.58. The third kappa shape index (κ3) is 4.31. The van der Waals surface area contributed by atoms with E-state index in [1.54, 1.807) is 20.2 Å². The first kappa shape index (κ1) is 29.4. The molecule has 0 radical (unpaired) electrons. The minimum Gasteiger partial charge on any atom is -0.510 e. The number of rotatable bonds is 7. The molecule has 42 heavy (non-hydrogen) atoms. The maximum atomic E-state index is 13.9. The predicted octanol–water partition coefficient (Wildman–Crippen LogP) is 2.41. The number of hydrogen-bond acceptors (Lipinski definition) is 9. The molecule has 0 saturated carbocycles. The highest BCUT2D eigenvalue weighted by atomic mass is 19.1. The van der Waals surface area contributed by atoms with Crippen LogP contribution in [0.4, 0.5) is 4.39 Å². The fourth-order valence-electron chi connectivity index (χ4n) is 6.86. The van der Waals surface area contributed by atoms with Gasteiger partial charge in [-0.25, -0.2) is 4.39 Å². The van der Waals surface area contributed by atoms with Gasteiger partial charge in [-0.05, 0) is 68.1 Å². The van der Waals surface area contributed by atoms with Gasteiger partial charge in [-0.3, -0.25) is 19.3 Å². The van der Waals surface area contributed by atoms with E-state index in [0.29, 0.717) is 11.1 Å². The number of hydrogen-bond donors (Lipinski definition) is 6. The van der Waals surface area contributed by atoms with Crippen molar-refractivity contribution < 1.29 is 39.2 Å². The second kappa shape index (κ2) is 10.6. The lowest BCUT2D eigenvalue weighted by Gasteiger charge is -2.50. The Morgan fingerprint density at radius 3 is 2.40 bits per heavy atom. The lowest BCUT2D eigenvalue weighted by molar-refractivity contribution is -0.148. The van der Waals surface area contributed by atoms with Crippen LogP contribution in [0.2, 0.25) is 0 Å². The number of amides is 1. The minimum absolute atomic E-state index is 0.0115. The van der Waals surface area contributed by atoms with Gasteiger partial charge in [0.15, 0.2) is 11.4 Å². The van der Waals surface area contributed by atoms with E-state index in [9.17, 15) is 39.2 Å². The first-order valence-electron chi connectivity index (χ1n) is 13.7. The number of allylic oxidation sites excluding steroid dienone is 1. The van der Waals surface area contributed by atoms with Crippen molar-refractivity contribution in [1.29, 1.82) is 0 Å². The number of aromatic hydroxyl groups is 1. The molecular weight excluding hydrogens is 545 g/mol. The largest absolute Gasteiger partial charge is 0.510 e. The monoisotopic (exact) mass is 579 g/mol. The average Bonchev–Trinajstić information content (AvgIpc) is 2.93. The number of nitrogens with one attached hydrogen (secondary N) is 1. The van der Waals surface area contributed by atoms with Crippen LogP contribution in [0.3, 0.4) is 0 Å². The van der Waals surface area contributed by atoms with E-state index in [1.807, 2.05) is 31.2 Å². The van der Waals surface area contributed by atoms with Gasteiger partial charge in [0.05, 0.1) is 11.6 Å². The molecule has 5 rings (SSSR count). The first-order valence-corrected chi connectivity index (χ1v) is 13.7. The highest BCUT2D eigenvalue weighted by molar-refractivity contribution is 6.24. The maximum absolute atomic E-state index is 13.9. The molecule has 0 bridgehead atoms. The number of likely N-dealkylation sites (N-methyl/N-ethyl adjacent to an activating group) is 1. The van der Waals surface area contributed by atoms with Gasteiger partial charge in [0, 0.05) is 24.1 Å². The van der Waals surface area contributed by atoms with Crippen LogP contribution >= 0.6 is 0 Å². The number of carbonyl (C=O) groups is 3. The summed E-state index contributed by atoms with van der Waals surface area (Å²) >= 11 is 0. The van der Waals surface area contributed by atoms with E-state index in [0.717, 1.165) is 11.1 Å². The third-order valence-corrected chi connectivity index (χ3v) is 8.87. The summed E-state index contributed by atoms with van der Waals surface area (Å²) < 4.78 is 12.6. The van der Waals surface area contributed by atoms with Crippen LogP contribution in [0.15, 0.2) is 59.1 Å². The molecule has 0 fully saturated rings. The zero-order valence-corrected chi connectivity index (χ0v) is 23.5. The van der Waals surface area contributed by atoms with Gasteiger partial charge < -0.3 is 31.5 Å². The Bertz CT molecular complexity index is 1550. The SMILES string of the molecule is CC(NCCF)c1ccc(-c2ccc(O)c3c2C[C@H]2C[C@H]4[C@H](N(C)C)C(O)=C(C(N)=O)C(=O)[C@@]4(O)C(O)=C2C3=O)cc1. The summed E-state index contributed by atoms with van der Waals surface area (Å²) in [6, 6.07) is 9.49. The van der Waals surface area contributed by atoms with Crippen molar-refractivity contribution in [3.63, 3.8) is 0 Å². The lowest BCUT2D eigenvalue weighted by Crippen LogP contribution is -2.63. The number of primary amides is 1. The summed E-state index contributed by atoms with van der Waals surface area (Å²) in [5, 5.41) is 47.9. The summed E-state index contributed by atoms with van der Waals surface area (Å²) in [5.41, 5.74) is 4.55. The molecule has 0 saturated heterocycles. The van der Waals surface area contributed by atoms with Crippen molar-refractivity contribution in [2.75, 3.05) is 27.3 Å². The molecule has 1 unspecified atom stereocenters. The van der Waals surface area contributed by atoms with Crippen molar-refractivity contribution in [2.45, 2.75) is 37.5 Å². The first-order chi connectivity index (χ1) is 19.8. The highest BCUT2D eigenvalue weighted by Crippen LogP contribution is 2.53. The fourth-order valence-corrected chi connectivity index (χ4v) is 6.86. The fraction of sp³-hybridized carbons (Fsp3) is 0.387. The molecule has 0 aliphatic heterocycles. The molecule has 5 atom stereocenters. The number of fused-ring (bicyclic) bond motifs is 3. The number of carbonyl (C=O) groups excluding carboxylic acids is 3. The van der Waals surface area contributed by atoms with Crippen LogP contribution in [-0.4, -0.2) is 81.8 Å². The molecule has 10 nitrogen and oxygen atoms in total. The average molecular weight is 580 g/mol. The number of nitrogens with zero attached hydrogens (tertiary/aromatic N) is 1. The zero-order valence-electron chi connectivity index (χ0n) is 23.5. The highest BCUT2D eigenvalue weighted by Gasteiger charge is 2.63. The number of aliphatic hydroxyl groups is 3. The van der Waals surface area contributed by atoms with E-state index in [4.69, 9.17) is 5.73 Å². The Morgan fingerprint density at radius 2 is 1.81 bits per heavy atom. The third-order valence-electron chi connectivity index (χ3n) is 8.87. The van der Waals surface area contributed by atoms with Crippen molar-refractivity contribution in [1.82, 2.24) is 10.2 Å². The normalized spacial score (nSPS) is 26.2. The standard InChI is InChI=1S/C31H34FN3O7/c1-14(34-11-10-32)15-4-6-16(7-5-15)18-8-9-21(36)23-19(18)12-17-13-20-25(35(2)3)27(38)24(30(33)41)29(40)31(20,42)28(39)22(17)26(23)37/h4-9,14,17,20,25,34,36,38-39,42H,10-13H2,1-3H3,(H2,33,41)/t14?,17-,20-,25-,31-/m0/s1. The van der Waals surface area contributed by atoms with Gasteiger partial charge in [0.2, 0.25) is 5.78 Å². The number of ketones is 2. The smallest absolute Gasteiger partial charge is 0.255 e. The Hall–Kier alpha value is -4.06. The van der Waals surface area contributed by atoms with Gasteiger partial charge >= 0.3 is 0 Å². The number of benzene rings is 2. The van der Waals surface area contributed by atoms with Crippen LogP contribution in [-0.2, 0) is 16.0 Å². The summed E-state index contributed by atoms with van der Waals surface area (Å²) in [7, 11) is 3.17. The van der Waals surface area contributed by atoms with Crippen molar-refractivity contribution >= 4 is 17.5 Å². The maximum Gasteiger partial charge on any atom is 0.255 e. The summed E-state index contributed by atoms with van der Waals surface area (Å²) in [6.45, 7) is 1.67. The molecule has 2 aromatic rings. The Kier molecular flexibility index (Phi) is 7.46. The zero-order chi connectivity index (χ0) is 30.7. The van der Waals surface area contributed by atoms with E-state index in [1.165, 1.54) is 11.0 Å². The molecule has 2 aromatic carbocycles. The molecule has 0 spiro atoms. The quantitative estimate of drug-likeness (QED) is 0.269. The molecule has 0 aromatic heterocycles. The number of aliphatic hydroxyl groups excluding tert-OH is 2. The Balaban J connectivity index is 1.62. The number of phenols is 1. The Labute approximate surface area is 242 Å². The van der Waals surface area contributed by atoms with Crippen LogP contribution in [0, 0.1) is 11.8 Å². The Morgan fingerprint density at radius 1 is 1.14 bits per heavy atom. The molecule has 0 heterocycles. The van der Waals surface area contributed by atoms with Gasteiger partial charge in [-0.1, -0.05) is 30.3 Å². The van der Waals surface area contributed by atoms with Gasteiger partial charge in [-0.2, -0.15) is 0 Å². The molecule has 7 N–H and O–H groups in total. The summed E-state index contributed by atoms with van der Waals surface area (Å²) in [6.07, 6.45) is 0.200. The molecular formula is C31H34FN3O7. The second-order valence-electron chi connectivity index (χ2n) is 11.4.